The minimum atomic E-state index is -0.246. The van der Waals surface area contributed by atoms with Crippen LogP contribution in [0.4, 0.5) is 5.13 Å². The standard InChI is InChI=1S/C17H19N3O3S/c1-4-17(2,3)15-19-20-16(24-15)18-14(21)8-6-11-5-7-12-13(9-11)23-10-22-12/h5-9H,4,10H2,1-3H3,(H,18,20,21)/b8-6+. The normalized spacial score (nSPS) is 13.5. The van der Waals surface area contributed by atoms with Crippen molar-refractivity contribution in [2.45, 2.75) is 32.6 Å². The first-order chi connectivity index (χ1) is 11.5. The summed E-state index contributed by atoms with van der Waals surface area (Å²) in [7, 11) is 0. The molecular formula is C17H19N3O3S. The van der Waals surface area contributed by atoms with Gasteiger partial charge in [-0.3, -0.25) is 10.1 Å². The van der Waals surface area contributed by atoms with Crippen molar-refractivity contribution in [3.63, 3.8) is 0 Å². The fourth-order valence-corrected chi connectivity index (χ4v) is 2.95. The second kappa shape index (κ2) is 6.60. The highest BCUT2D eigenvalue weighted by molar-refractivity contribution is 7.15. The Hall–Kier alpha value is -2.41. The van der Waals surface area contributed by atoms with E-state index in [-0.39, 0.29) is 18.1 Å². The van der Waals surface area contributed by atoms with Crippen LogP contribution >= 0.6 is 11.3 Å². The van der Waals surface area contributed by atoms with Gasteiger partial charge in [0.1, 0.15) is 5.01 Å². The lowest BCUT2D eigenvalue weighted by Crippen LogP contribution is -2.14. The molecular weight excluding hydrogens is 326 g/mol. The van der Waals surface area contributed by atoms with E-state index >= 15 is 0 Å². The van der Waals surface area contributed by atoms with E-state index in [0.29, 0.717) is 10.9 Å². The molecule has 0 atom stereocenters. The van der Waals surface area contributed by atoms with Gasteiger partial charge in [-0.1, -0.05) is 38.2 Å². The van der Waals surface area contributed by atoms with Gasteiger partial charge in [0.15, 0.2) is 11.5 Å². The summed E-state index contributed by atoms with van der Waals surface area (Å²) < 4.78 is 10.6. The minimum absolute atomic E-state index is 0.0387. The average Bonchev–Trinajstić information content (AvgIpc) is 3.21. The van der Waals surface area contributed by atoms with Gasteiger partial charge in [0.05, 0.1) is 0 Å². The number of nitrogens with one attached hydrogen (secondary N) is 1. The van der Waals surface area contributed by atoms with E-state index in [0.717, 1.165) is 22.7 Å². The molecule has 24 heavy (non-hydrogen) atoms. The molecule has 1 amide bonds. The Kier molecular flexibility index (Phi) is 4.53. The quantitative estimate of drug-likeness (QED) is 0.838. The molecule has 1 N–H and O–H groups in total. The van der Waals surface area contributed by atoms with E-state index in [2.05, 4.69) is 36.3 Å². The van der Waals surface area contributed by atoms with Crippen LogP contribution in [0.5, 0.6) is 11.5 Å². The number of carbonyl (C=O) groups excluding carboxylic acids is 1. The molecule has 0 bridgehead atoms. The predicted octanol–water partition coefficient (Wildman–Crippen LogP) is 3.61. The number of anilines is 1. The van der Waals surface area contributed by atoms with Gasteiger partial charge in [-0.25, -0.2) is 0 Å². The molecule has 0 aliphatic carbocycles. The van der Waals surface area contributed by atoms with Crippen molar-refractivity contribution in [1.29, 1.82) is 0 Å². The molecule has 6 nitrogen and oxygen atoms in total. The molecule has 0 fully saturated rings. The molecule has 7 heteroatoms. The Morgan fingerprint density at radius 1 is 1.33 bits per heavy atom. The predicted molar refractivity (Wildman–Crippen MR) is 93.5 cm³/mol. The number of aromatic nitrogens is 2. The van der Waals surface area contributed by atoms with Gasteiger partial charge >= 0.3 is 0 Å². The monoisotopic (exact) mass is 345 g/mol. The molecule has 0 saturated carbocycles. The van der Waals surface area contributed by atoms with Crippen LogP contribution in [0.15, 0.2) is 24.3 Å². The van der Waals surface area contributed by atoms with Crippen LogP contribution in [-0.2, 0) is 10.2 Å². The van der Waals surface area contributed by atoms with Gasteiger partial charge in [-0.2, -0.15) is 0 Å². The number of amides is 1. The molecule has 1 aromatic heterocycles. The third kappa shape index (κ3) is 3.56. The molecule has 1 aromatic carbocycles. The second-order valence-electron chi connectivity index (χ2n) is 6.09. The van der Waals surface area contributed by atoms with Gasteiger partial charge in [0, 0.05) is 11.5 Å². The van der Waals surface area contributed by atoms with Crippen LogP contribution < -0.4 is 14.8 Å². The smallest absolute Gasteiger partial charge is 0.250 e. The Balaban J connectivity index is 1.63. The van der Waals surface area contributed by atoms with Crippen LogP contribution in [0.25, 0.3) is 6.08 Å². The summed E-state index contributed by atoms with van der Waals surface area (Å²) in [6, 6.07) is 5.52. The maximum Gasteiger partial charge on any atom is 0.250 e. The molecule has 0 radical (unpaired) electrons. The van der Waals surface area contributed by atoms with Crippen LogP contribution in [0.3, 0.4) is 0 Å². The van der Waals surface area contributed by atoms with E-state index in [1.807, 2.05) is 18.2 Å². The highest BCUT2D eigenvalue weighted by Gasteiger charge is 2.23. The molecule has 0 saturated heterocycles. The first-order valence-electron chi connectivity index (χ1n) is 7.70. The molecule has 0 unspecified atom stereocenters. The Morgan fingerprint density at radius 3 is 2.92 bits per heavy atom. The highest BCUT2D eigenvalue weighted by atomic mass is 32.1. The molecule has 0 spiro atoms. The van der Waals surface area contributed by atoms with Gasteiger partial charge < -0.3 is 9.47 Å². The van der Waals surface area contributed by atoms with Gasteiger partial charge in [0.2, 0.25) is 17.8 Å². The molecule has 1 aliphatic heterocycles. The third-order valence-electron chi connectivity index (χ3n) is 3.94. The van der Waals surface area contributed by atoms with Crippen LogP contribution in [-0.4, -0.2) is 22.9 Å². The van der Waals surface area contributed by atoms with Crippen molar-refractivity contribution in [2.24, 2.45) is 0 Å². The zero-order chi connectivity index (χ0) is 17.2. The second-order valence-corrected chi connectivity index (χ2v) is 7.06. The summed E-state index contributed by atoms with van der Waals surface area (Å²) in [4.78, 5) is 12.0. The van der Waals surface area contributed by atoms with Crippen molar-refractivity contribution in [1.82, 2.24) is 10.2 Å². The van der Waals surface area contributed by atoms with Gasteiger partial charge in [0.25, 0.3) is 0 Å². The molecule has 2 aromatic rings. The summed E-state index contributed by atoms with van der Waals surface area (Å²) in [6.07, 6.45) is 4.14. The number of rotatable bonds is 5. The lowest BCUT2D eigenvalue weighted by Gasteiger charge is -2.17. The van der Waals surface area contributed by atoms with E-state index in [1.165, 1.54) is 17.4 Å². The number of benzene rings is 1. The van der Waals surface area contributed by atoms with Crippen molar-refractivity contribution < 1.29 is 14.3 Å². The molecule has 3 rings (SSSR count). The van der Waals surface area contributed by atoms with Crippen LogP contribution in [0.2, 0.25) is 0 Å². The fourth-order valence-electron chi connectivity index (χ4n) is 2.03. The number of hydrogen-bond donors (Lipinski definition) is 1. The average molecular weight is 345 g/mol. The maximum atomic E-state index is 12.0. The number of ether oxygens (including phenoxy) is 2. The summed E-state index contributed by atoms with van der Waals surface area (Å²) >= 11 is 1.41. The van der Waals surface area contributed by atoms with Crippen molar-refractivity contribution in [3.05, 3.63) is 34.8 Å². The SMILES string of the molecule is CCC(C)(C)c1nnc(NC(=O)/C=C/c2ccc3c(c2)OCO3)s1. The summed E-state index contributed by atoms with van der Waals surface area (Å²) in [5.41, 5.74) is 0.822. The van der Waals surface area contributed by atoms with E-state index in [9.17, 15) is 4.79 Å². The van der Waals surface area contributed by atoms with E-state index in [4.69, 9.17) is 9.47 Å². The highest BCUT2D eigenvalue weighted by Crippen LogP contribution is 2.33. The first kappa shape index (κ1) is 16.4. The summed E-state index contributed by atoms with van der Waals surface area (Å²) in [5.74, 6) is 1.16. The first-order valence-corrected chi connectivity index (χ1v) is 8.52. The lowest BCUT2D eigenvalue weighted by atomic mass is 9.91. The Morgan fingerprint density at radius 2 is 2.12 bits per heavy atom. The largest absolute Gasteiger partial charge is 0.454 e. The fraction of sp³-hybridized carbons (Fsp3) is 0.353. The number of fused-ring (bicyclic) bond motifs is 1. The van der Waals surface area contributed by atoms with Crippen LogP contribution in [0.1, 0.15) is 37.8 Å². The zero-order valence-corrected chi connectivity index (χ0v) is 14.6. The Labute approximate surface area is 144 Å². The minimum Gasteiger partial charge on any atom is -0.454 e. The van der Waals surface area contributed by atoms with Crippen molar-refractivity contribution >= 4 is 28.5 Å². The molecule has 126 valence electrons. The zero-order valence-electron chi connectivity index (χ0n) is 13.8. The molecule has 2 heterocycles. The summed E-state index contributed by atoms with van der Waals surface area (Å²) in [6.45, 7) is 6.56. The maximum absolute atomic E-state index is 12.0. The summed E-state index contributed by atoms with van der Waals surface area (Å²) in [5, 5.41) is 12.4. The van der Waals surface area contributed by atoms with E-state index in [1.54, 1.807) is 6.08 Å². The van der Waals surface area contributed by atoms with Crippen molar-refractivity contribution in [2.75, 3.05) is 12.1 Å². The lowest BCUT2D eigenvalue weighted by molar-refractivity contribution is -0.111. The number of nitrogens with zero attached hydrogens (tertiary/aromatic N) is 2. The Bertz CT molecular complexity index is 783. The van der Waals surface area contributed by atoms with E-state index < -0.39 is 0 Å². The third-order valence-corrected chi connectivity index (χ3v) is 5.15. The van der Waals surface area contributed by atoms with Gasteiger partial charge in [-0.15, -0.1) is 10.2 Å². The van der Waals surface area contributed by atoms with Crippen LogP contribution in [0, 0.1) is 0 Å². The van der Waals surface area contributed by atoms with Gasteiger partial charge in [-0.05, 0) is 30.2 Å². The number of carbonyl (C=O) groups is 1. The molecule has 1 aliphatic rings. The van der Waals surface area contributed by atoms with Crippen molar-refractivity contribution in [3.8, 4) is 11.5 Å². The number of hydrogen-bond acceptors (Lipinski definition) is 6. The topological polar surface area (TPSA) is 73.3 Å².